The third-order valence-electron chi connectivity index (χ3n) is 6.25. The van der Waals surface area contributed by atoms with Crippen LogP contribution in [-0.2, 0) is 6.42 Å². The highest BCUT2D eigenvalue weighted by atomic mass is 16.5. The fraction of sp³-hybridized carbons (Fsp3) is 0.500. The zero-order valence-corrected chi connectivity index (χ0v) is 18.6. The molecule has 0 amide bonds. The van der Waals surface area contributed by atoms with E-state index in [-0.39, 0.29) is 0 Å². The largest absolute Gasteiger partial charge is 0.496 e. The van der Waals surface area contributed by atoms with Crippen LogP contribution in [0.5, 0.6) is 17.2 Å². The van der Waals surface area contributed by atoms with Gasteiger partial charge in [0, 0.05) is 44.0 Å². The summed E-state index contributed by atoms with van der Waals surface area (Å²) in [5, 5.41) is 0. The fourth-order valence-corrected chi connectivity index (χ4v) is 4.18. The minimum absolute atomic E-state index is 0.508. The van der Waals surface area contributed by atoms with Crippen LogP contribution in [0.2, 0.25) is 0 Å². The molecule has 0 saturated carbocycles. The summed E-state index contributed by atoms with van der Waals surface area (Å²) in [6.07, 6.45) is 1.06. The Hall–Kier alpha value is -2.40. The van der Waals surface area contributed by atoms with Crippen molar-refractivity contribution in [2.24, 2.45) is 0 Å². The molecule has 0 aromatic heterocycles. The van der Waals surface area contributed by atoms with Gasteiger partial charge in [-0.3, -0.25) is 4.90 Å². The number of piperazine rings is 1. The van der Waals surface area contributed by atoms with Crippen LogP contribution in [0.3, 0.4) is 0 Å². The maximum Gasteiger partial charge on any atom is 0.162 e. The summed E-state index contributed by atoms with van der Waals surface area (Å²) in [5.41, 5.74) is 5.20. The van der Waals surface area contributed by atoms with Crippen molar-refractivity contribution in [3.8, 4) is 17.2 Å². The molecule has 2 aromatic carbocycles. The molecule has 0 N–H and O–H groups in total. The lowest BCUT2D eigenvalue weighted by Crippen LogP contribution is -2.50. The van der Waals surface area contributed by atoms with E-state index >= 15 is 0 Å². The first-order valence-corrected chi connectivity index (χ1v) is 10.3. The Morgan fingerprint density at radius 2 is 1.41 bits per heavy atom. The van der Waals surface area contributed by atoms with Crippen molar-refractivity contribution in [1.29, 1.82) is 0 Å². The van der Waals surface area contributed by atoms with Gasteiger partial charge in [0.25, 0.3) is 0 Å². The van der Waals surface area contributed by atoms with E-state index in [0.717, 1.165) is 49.8 Å². The molecule has 0 bridgehead atoms. The molecule has 0 aliphatic carbocycles. The molecule has 2 aromatic rings. The van der Waals surface area contributed by atoms with Crippen LogP contribution < -0.4 is 19.1 Å². The summed E-state index contributed by atoms with van der Waals surface area (Å²) < 4.78 is 16.3. The van der Waals surface area contributed by atoms with E-state index in [0.29, 0.717) is 6.04 Å². The molecule has 0 spiro atoms. The first kappa shape index (κ1) is 21.3. The first-order chi connectivity index (χ1) is 14.0. The van der Waals surface area contributed by atoms with Crippen molar-refractivity contribution in [2.45, 2.75) is 33.2 Å². The highest BCUT2D eigenvalue weighted by Crippen LogP contribution is 2.32. The average Bonchev–Trinajstić information content (AvgIpc) is 2.76. The highest BCUT2D eigenvalue weighted by Gasteiger charge is 2.23. The maximum atomic E-state index is 5.46. The van der Waals surface area contributed by atoms with Gasteiger partial charge in [0.1, 0.15) is 5.75 Å². The normalized spacial score (nSPS) is 15.9. The summed E-state index contributed by atoms with van der Waals surface area (Å²) in [6, 6.07) is 11.0. The van der Waals surface area contributed by atoms with Gasteiger partial charge in [-0.1, -0.05) is 6.07 Å². The Kier molecular flexibility index (Phi) is 6.91. The third-order valence-corrected chi connectivity index (χ3v) is 6.25. The van der Waals surface area contributed by atoms with Gasteiger partial charge in [0.2, 0.25) is 0 Å². The second-order valence-corrected chi connectivity index (χ2v) is 7.79. The molecule has 5 nitrogen and oxygen atoms in total. The minimum Gasteiger partial charge on any atom is -0.496 e. The lowest BCUT2D eigenvalue weighted by Gasteiger charge is -2.39. The van der Waals surface area contributed by atoms with Gasteiger partial charge in [0.05, 0.1) is 21.3 Å². The SMILES string of the molecule is COc1ccc(N2CCN(C(C)Cc3ccc(OC)c(C)c3C)CC2)cc1OC. The van der Waals surface area contributed by atoms with Gasteiger partial charge in [-0.15, -0.1) is 0 Å². The third kappa shape index (κ3) is 4.61. The Morgan fingerprint density at radius 3 is 2.03 bits per heavy atom. The van der Waals surface area contributed by atoms with Crippen LogP contribution in [-0.4, -0.2) is 58.5 Å². The van der Waals surface area contributed by atoms with Crippen molar-refractivity contribution in [3.63, 3.8) is 0 Å². The van der Waals surface area contributed by atoms with Crippen LogP contribution in [0.25, 0.3) is 0 Å². The molecule has 1 heterocycles. The predicted molar refractivity (Wildman–Crippen MR) is 119 cm³/mol. The van der Waals surface area contributed by atoms with E-state index in [1.165, 1.54) is 22.4 Å². The molecule has 1 atom stereocenters. The van der Waals surface area contributed by atoms with Crippen LogP contribution in [0, 0.1) is 13.8 Å². The van der Waals surface area contributed by atoms with Gasteiger partial charge in [-0.05, 0) is 62.1 Å². The maximum absolute atomic E-state index is 5.46. The predicted octanol–water partition coefficient (Wildman–Crippen LogP) is 4.08. The Labute approximate surface area is 175 Å². The number of hydrogen-bond donors (Lipinski definition) is 0. The van der Waals surface area contributed by atoms with Gasteiger partial charge in [-0.2, -0.15) is 0 Å². The number of ether oxygens (including phenoxy) is 3. The van der Waals surface area contributed by atoms with Crippen molar-refractivity contribution < 1.29 is 14.2 Å². The van der Waals surface area contributed by atoms with Gasteiger partial charge < -0.3 is 19.1 Å². The van der Waals surface area contributed by atoms with Gasteiger partial charge in [-0.25, -0.2) is 0 Å². The minimum atomic E-state index is 0.508. The Bertz CT molecular complexity index is 829. The second-order valence-electron chi connectivity index (χ2n) is 7.79. The molecule has 5 heteroatoms. The van der Waals surface area contributed by atoms with E-state index in [1.54, 1.807) is 21.3 Å². The monoisotopic (exact) mass is 398 g/mol. The number of nitrogens with zero attached hydrogens (tertiary/aromatic N) is 2. The molecular weight excluding hydrogens is 364 g/mol. The molecule has 158 valence electrons. The zero-order chi connectivity index (χ0) is 21.0. The molecule has 1 aliphatic heterocycles. The number of hydrogen-bond acceptors (Lipinski definition) is 5. The molecule has 29 heavy (non-hydrogen) atoms. The summed E-state index contributed by atoms with van der Waals surface area (Å²) >= 11 is 0. The summed E-state index contributed by atoms with van der Waals surface area (Å²) in [7, 11) is 5.09. The number of benzene rings is 2. The standard InChI is InChI=1S/C24H34N2O3/c1-17(15-20-7-9-22(27-4)19(3)18(20)2)25-11-13-26(14-12-25)21-8-10-23(28-5)24(16-21)29-6/h7-10,16-17H,11-15H2,1-6H3. The van der Waals surface area contributed by atoms with Crippen LogP contribution in [0.1, 0.15) is 23.6 Å². The molecule has 1 fully saturated rings. The highest BCUT2D eigenvalue weighted by molar-refractivity contribution is 5.56. The van der Waals surface area contributed by atoms with Crippen molar-refractivity contribution >= 4 is 5.69 Å². The van der Waals surface area contributed by atoms with E-state index < -0.39 is 0 Å². The molecular formula is C24H34N2O3. The first-order valence-electron chi connectivity index (χ1n) is 10.3. The summed E-state index contributed by atoms with van der Waals surface area (Å²) in [4.78, 5) is 5.02. The lowest BCUT2D eigenvalue weighted by molar-refractivity contribution is 0.196. The van der Waals surface area contributed by atoms with E-state index in [1.807, 2.05) is 6.07 Å². The van der Waals surface area contributed by atoms with Crippen molar-refractivity contribution in [2.75, 3.05) is 52.4 Å². The topological polar surface area (TPSA) is 34.2 Å². The number of rotatable bonds is 7. The lowest BCUT2D eigenvalue weighted by atomic mass is 9.96. The molecule has 1 unspecified atom stereocenters. The molecule has 3 rings (SSSR count). The molecule has 1 saturated heterocycles. The van der Waals surface area contributed by atoms with Crippen LogP contribution in [0.15, 0.2) is 30.3 Å². The van der Waals surface area contributed by atoms with Gasteiger partial charge >= 0.3 is 0 Å². The van der Waals surface area contributed by atoms with Gasteiger partial charge in [0.15, 0.2) is 11.5 Å². The van der Waals surface area contributed by atoms with E-state index in [4.69, 9.17) is 14.2 Å². The molecule has 1 aliphatic rings. The van der Waals surface area contributed by atoms with Crippen LogP contribution >= 0.6 is 0 Å². The second kappa shape index (κ2) is 9.40. The van der Waals surface area contributed by atoms with Crippen LogP contribution in [0.4, 0.5) is 5.69 Å². The quantitative estimate of drug-likeness (QED) is 0.702. The number of anilines is 1. The molecule has 0 radical (unpaired) electrons. The van der Waals surface area contributed by atoms with E-state index in [2.05, 4.69) is 54.8 Å². The zero-order valence-electron chi connectivity index (χ0n) is 18.6. The fourth-order valence-electron chi connectivity index (χ4n) is 4.18. The number of methoxy groups -OCH3 is 3. The Morgan fingerprint density at radius 1 is 0.793 bits per heavy atom. The summed E-state index contributed by atoms with van der Waals surface area (Å²) in [6.45, 7) is 10.8. The van der Waals surface area contributed by atoms with E-state index in [9.17, 15) is 0 Å². The van der Waals surface area contributed by atoms with Crippen molar-refractivity contribution in [1.82, 2.24) is 4.90 Å². The summed E-state index contributed by atoms with van der Waals surface area (Å²) in [5.74, 6) is 2.53. The van der Waals surface area contributed by atoms with Crippen molar-refractivity contribution in [3.05, 3.63) is 47.0 Å². The Balaban J connectivity index is 1.61. The average molecular weight is 399 g/mol. The smallest absolute Gasteiger partial charge is 0.162 e.